The van der Waals surface area contributed by atoms with Crippen molar-refractivity contribution >= 4 is 41.4 Å². The molecular weight excluding hydrogens is 638 g/mol. The Balaban J connectivity index is 2.18. The van der Waals surface area contributed by atoms with Gasteiger partial charge in [-0.2, -0.15) is 0 Å². The summed E-state index contributed by atoms with van der Waals surface area (Å²) in [4.78, 5) is 83.2. The summed E-state index contributed by atoms with van der Waals surface area (Å²) in [6, 6.07) is -2.63. The average Bonchev–Trinajstić information content (AvgIpc) is 3.03. The first kappa shape index (κ1) is 42.4. The van der Waals surface area contributed by atoms with Gasteiger partial charge in [-0.3, -0.25) is 24.0 Å². The van der Waals surface area contributed by atoms with Gasteiger partial charge in [-0.05, 0) is 25.7 Å². The number of carbonyl (C=O) groups excluding carboxylic acids is 4. The van der Waals surface area contributed by atoms with Crippen molar-refractivity contribution in [2.45, 2.75) is 89.1 Å². The number of Topliss-reactive ketones (excluding diaryl/α,β-unsaturated/α-hetero) is 1. The zero-order valence-electron chi connectivity index (χ0n) is 27.4. The van der Waals surface area contributed by atoms with E-state index in [1.807, 2.05) is 0 Å². The van der Waals surface area contributed by atoms with Crippen LogP contribution in [-0.2, 0) is 52.5 Å². The number of hydrogen-bond donors (Lipinski definition) is 6. The number of rotatable bonds is 22. The van der Waals surface area contributed by atoms with Gasteiger partial charge in [0.25, 0.3) is 0 Å². The van der Waals surface area contributed by atoms with Crippen molar-refractivity contribution in [2.24, 2.45) is 5.92 Å². The smallest absolute Gasteiger partial charge is 0.326 e. The van der Waals surface area contributed by atoms with E-state index in [2.05, 4.69) is 16.0 Å². The first-order valence-electron chi connectivity index (χ1n) is 16.4. The first-order valence-corrected chi connectivity index (χ1v) is 16.4. The molecule has 1 heterocycles. The molecule has 1 aliphatic rings. The number of nitrogens with one attached hydrogen (secondary N) is 3. The number of ether oxygens (including phenoxy) is 4. The summed E-state index contributed by atoms with van der Waals surface area (Å²) in [7, 11) is 0. The maximum atomic E-state index is 12.9. The van der Waals surface area contributed by atoms with Crippen LogP contribution in [-0.4, -0.2) is 128 Å². The highest BCUT2D eigenvalue weighted by Gasteiger charge is 2.33. The normalized spacial score (nSPS) is 18.6. The van der Waals surface area contributed by atoms with Gasteiger partial charge >= 0.3 is 17.9 Å². The second-order valence-electron chi connectivity index (χ2n) is 11.2. The molecule has 17 heteroatoms. The molecule has 0 radical (unpaired) electrons. The zero-order valence-corrected chi connectivity index (χ0v) is 27.4. The van der Waals surface area contributed by atoms with Crippen molar-refractivity contribution in [3.8, 4) is 0 Å². The predicted molar refractivity (Wildman–Crippen MR) is 167 cm³/mol. The minimum absolute atomic E-state index is 0.0345. The van der Waals surface area contributed by atoms with Gasteiger partial charge in [0.05, 0.1) is 58.8 Å². The van der Waals surface area contributed by atoms with Crippen LogP contribution in [0.1, 0.15) is 77.0 Å². The molecule has 3 amide bonds. The number of ketones is 1. The van der Waals surface area contributed by atoms with Crippen LogP contribution in [0.5, 0.6) is 0 Å². The lowest BCUT2D eigenvalue weighted by molar-refractivity contribution is -0.144. The van der Waals surface area contributed by atoms with E-state index in [1.165, 1.54) is 0 Å². The molecule has 3 atom stereocenters. The number of hydrogen-bond acceptors (Lipinski definition) is 11. The van der Waals surface area contributed by atoms with Crippen LogP contribution in [0.3, 0.4) is 0 Å². The molecule has 1 saturated heterocycles. The monoisotopic (exact) mass is 689 g/mol. The summed E-state index contributed by atoms with van der Waals surface area (Å²) in [6.07, 6.45) is 4.16. The van der Waals surface area contributed by atoms with Gasteiger partial charge in [0.1, 0.15) is 17.9 Å². The molecule has 274 valence electrons. The molecule has 1 aliphatic heterocycles. The predicted octanol–water partition coefficient (Wildman–Crippen LogP) is 0.273. The van der Waals surface area contributed by atoms with Gasteiger partial charge in [0.2, 0.25) is 17.7 Å². The highest BCUT2D eigenvalue weighted by molar-refractivity contribution is 6.02. The Morgan fingerprint density at radius 3 is 1.83 bits per heavy atom. The molecular formula is C31H51N3O14. The van der Waals surface area contributed by atoms with E-state index in [-0.39, 0.29) is 104 Å². The Bertz CT molecular complexity index is 1020. The molecule has 0 saturated carbocycles. The van der Waals surface area contributed by atoms with Crippen LogP contribution in [0, 0.1) is 5.92 Å². The number of amides is 3. The summed E-state index contributed by atoms with van der Waals surface area (Å²) in [6.45, 7) is 1.75. The number of aliphatic carboxylic acids is 3. The summed E-state index contributed by atoms with van der Waals surface area (Å²) in [5, 5.41) is 34.6. The highest BCUT2D eigenvalue weighted by atomic mass is 16.6. The fourth-order valence-corrected chi connectivity index (χ4v) is 4.66. The van der Waals surface area contributed by atoms with Gasteiger partial charge in [-0.15, -0.1) is 0 Å². The molecule has 0 bridgehead atoms. The molecule has 1 rings (SSSR count). The van der Waals surface area contributed by atoms with E-state index in [0.717, 1.165) is 25.7 Å². The van der Waals surface area contributed by atoms with Gasteiger partial charge in [0, 0.05) is 32.2 Å². The lowest BCUT2D eigenvalue weighted by Gasteiger charge is -2.21. The van der Waals surface area contributed by atoms with E-state index in [4.69, 9.17) is 29.2 Å². The van der Waals surface area contributed by atoms with Crippen molar-refractivity contribution in [1.29, 1.82) is 0 Å². The molecule has 6 N–H and O–H groups in total. The van der Waals surface area contributed by atoms with Crippen LogP contribution < -0.4 is 16.0 Å². The lowest BCUT2D eigenvalue weighted by Crippen LogP contribution is -2.46. The van der Waals surface area contributed by atoms with Gasteiger partial charge in [0.15, 0.2) is 0 Å². The van der Waals surface area contributed by atoms with Crippen LogP contribution in [0.15, 0.2) is 0 Å². The molecule has 0 aromatic rings. The van der Waals surface area contributed by atoms with Crippen molar-refractivity contribution in [1.82, 2.24) is 16.0 Å². The number of carbonyl (C=O) groups is 7. The van der Waals surface area contributed by atoms with Crippen LogP contribution in [0.2, 0.25) is 0 Å². The third-order valence-electron chi connectivity index (χ3n) is 7.30. The van der Waals surface area contributed by atoms with Crippen LogP contribution in [0.4, 0.5) is 0 Å². The summed E-state index contributed by atoms with van der Waals surface area (Å²) < 4.78 is 21.5. The van der Waals surface area contributed by atoms with E-state index in [1.54, 1.807) is 0 Å². The molecule has 17 nitrogen and oxygen atoms in total. The minimum atomic E-state index is -1.34. The molecule has 0 aliphatic carbocycles. The Hall–Kier alpha value is -3.67. The maximum Gasteiger partial charge on any atom is 0.326 e. The topological polar surface area (TPSA) is 253 Å². The van der Waals surface area contributed by atoms with Crippen molar-refractivity contribution in [2.75, 3.05) is 59.4 Å². The van der Waals surface area contributed by atoms with Crippen molar-refractivity contribution in [3.63, 3.8) is 0 Å². The van der Waals surface area contributed by atoms with Gasteiger partial charge < -0.3 is 50.2 Å². The molecule has 0 aromatic carbocycles. The molecule has 48 heavy (non-hydrogen) atoms. The quantitative estimate of drug-likeness (QED) is 0.0660. The second kappa shape index (κ2) is 26.3. The number of carboxylic acid groups (broad SMARTS) is 3. The molecule has 0 spiro atoms. The Morgan fingerprint density at radius 2 is 1.27 bits per heavy atom. The SMILES string of the molecule is O=C(O)CC[C@H](NC(=O)CCOCCOCCOCCOCCNC(=O)C1C[C@@H](C(=O)O)NC(=O)CCCCCCCCC1=O)C(=O)O. The zero-order chi connectivity index (χ0) is 35.6. The fourth-order valence-electron chi connectivity index (χ4n) is 4.66. The number of carboxylic acids is 3. The maximum absolute atomic E-state index is 12.9. The lowest BCUT2D eigenvalue weighted by atomic mass is 9.90. The standard InChI is InChI=1S/C31H51N3O14/c35-25-7-5-3-1-2-4-6-8-26(36)34-24(31(43)44)21-22(25)29(40)32-12-14-46-16-18-48-20-19-47-17-15-45-13-11-27(37)33-23(30(41)42)9-10-28(38)39/h22-24H,1-21H2,(H,32,40)(H,33,37)(H,34,36)(H,38,39)(H,41,42)(H,43,44)/t22?,23-,24-/m0/s1. The summed E-state index contributed by atoms with van der Waals surface area (Å²) in [5.41, 5.74) is 0. The largest absolute Gasteiger partial charge is 0.481 e. The molecule has 1 fully saturated rings. The Labute approximate surface area is 279 Å². The van der Waals surface area contributed by atoms with E-state index in [9.17, 15) is 38.7 Å². The average molecular weight is 690 g/mol. The van der Waals surface area contributed by atoms with Crippen molar-refractivity contribution in [3.05, 3.63) is 0 Å². The Morgan fingerprint density at radius 1 is 0.729 bits per heavy atom. The van der Waals surface area contributed by atoms with E-state index >= 15 is 0 Å². The van der Waals surface area contributed by atoms with Crippen LogP contribution in [0.25, 0.3) is 0 Å². The minimum Gasteiger partial charge on any atom is -0.481 e. The van der Waals surface area contributed by atoms with Gasteiger partial charge in [-0.25, -0.2) is 9.59 Å². The first-order chi connectivity index (χ1) is 23.0. The van der Waals surface area contributed by atoms with Crippen LogP contribution >= 0.6 is 0 Å². The van der Waals surface area contributed by atoms with E-state index in [0.29, 0.717) is 12.8 Å². The fraction of sp³-hybridized carbons (Fsp3) is 0.774. The van der Waals surface area contributed by atoms with E-state index < -0.39 is 53.6 Å². The second-order valence-corrected chi connectivity index (χ2v) is 11.2. The molecule has 0 aromatic heterocycles. The van der Waals surface area contributed by atoms with Crippen molar-refractivity contribution < 1.29 is 67.8 Å². The molecule has 1 unspecified atom stereocenters. The third kappa shape index (κ3) is 21.3. The summed E-state index contributed by atoms with van der Waals surface area (Å²) in [5.74, 6) is -6.89. The highest BCUT2D eigenvalue weighted by Crippen LogP contribution is 2.17. The van der Waals surface area contributed by atoms with Gasteiger partial charge in [-0.1, -0.05) is 25.7 Å². The Kier molecular flexibility index (Phi) is 23.2. The third-order valence-corrected chi connectivity index (χ3v) is 7.30. The summed E-state index contributed by atoms with van der Waals surface area (Å²) >= 11 is 0.